The molecule has 0 aliphatic carbocycles. The Bertz CT molecular complexity index is 813. The number of aromatic nitrogens is 3. The molecule has 0 aliphatic heterocycles. The molecular formula is C17H16ClN5O. The van der Waals surface area contributed by atoms with E-state index in [1.54, 1.807) is 18.5 Å². The normalized spacial score (nSPS) is 10.4. The molecule has 2 heterocycles. The molecule has 0 aliphatic rings. The number of benzene rings is 1. The van der Waals surface area contributed by atoms with E-state index < -0.39 is 0 Å². The van der Waals surface area contributed by atoms with Gasteiger partial charge < -0.3 is 15.7 Å². The molecule has 6 nitrogen and oxygen atoms in total. The van der Waals surface area contributed by atoms with Crippen LogP contribution in [0.15, 0.2) is 54.9 Å². The second-order valence-electron chi connectivity index (χ2n) is 4.96. The second-order valence-corrected chi connectivity index (χ2v) is 5.37. The Balaban J connectivity index is 1.97. The van der Waals surface area contributed by atoms with Crippen molar-refractivity contribution in [1.29, 1.82) is 0 Å². The number of nitrogens with one attached hydrogen (secondary N) is 2. The van der Waals surface area contributed by atoms with E-state index in [2.05, 4.69) is 25.6 Å². The lowest BCUT2D eigenvalue weighted by Gasteiger charge is -2.11. The van der Waals surface area contributed by atoms with Crippen LogP contribution in [0.1, 0.15) is 0 Å². The molecule has 0 amide bonds. The largest absolute Gasteiger partial charge is 0.395 e. The zero-order valence-corrected chi connectivity index (χ0v) is 13.5. The lowest BCUT2D eigenvalue weighted by Crippen LogP contribution is -2.10. The molecule has 2 aromatic heterocycles. The van der Waals surface area contributed by atoms with Gasteiger partial charge in [-0.2, -0.15) is 4.98 Å². The Morgan fingerprint density at radius 1 is 1.08 bits per heavy atom. The lowest BCUT2D eigenvalue weighted by atomic mass is 10.2. The maximum atomic E-state index is 8.99. The van der Waals surface area contributed by atoms with Gasteiger partial charge in [0.25, 0.3) is 0 Å². The number of aliphatic hydroxyl groups excluding tert-OH is 1. The molecule has 0 saturated heterocycles. The molecule has 0 fully saturated rings. The summed E-state index contributed by atoms with van der Waals surface area (Å²) in [5, 5.41) is 15.8. The molecule has 7 heteroatoms. The minimum atomic E-state index is -0.00619. The average molecular weight is 342 g/mol. The predicted octanol–water partition coefficient (Wildman–Crippen LogP) is 3.34. The third-order valence-electron chi connectivity index (χ3n) is 3.21. The van der Waals surface area contributed by atoms with Crippen molar-refractivity contribution < 1.29 is 5.11 Å². The summed E-state index contributed by atoms with van der Waals surface area (Å²) < 4.78 is 0. The zero-order chi connectivity index (χ0) is 16.8. The molecule has 0 saturated carbocycles. The van der Waals surface area contributed by atoms with Crippen molar-refractivity contribution in [2.24, 2.45) is 0 Å². The number of pyridine rings is 1. The van der Waals surface area contributed by atoms with E-state index in [0.29, 0.717) is 29.0 Å². The van der Waals surface area contributed by atoms with Gasteiger partial charge in [-0.3, -0.25) is 4.98 Å². The van der Waals surface area contributed by atoms with Crippen molar-refractivity contribution in [2.75, 3.05) is 23.8 Å². The highest BCUT2D eigenvalue weighted by molar-refractivity contribution is 6.33. The SMILES string of the molecule is OCCNc1nc(Nc2ccccc2Cl)cc(-c2cccnc2)n1. The number of hydrogen-bond acceptors (Lipinski definition) is 6. The van der Waals surface area contributed by atoms with E-state index in [9.17, 15) is 0 Å². The topological polar surface area (TPSA) is 83.0 Å². The van der Waals surface area contributed by atoms with Crippen molar-refractivity contribution in [2.45, 2.75) is 0 Å². The fourth-order valence-corrected chi connectivity index (χ4v) is 2.30. The third-order valence-corrected chi connectivity index (χ3v) is 3.54. The van der Waals surface area contributed by atoms with Gasteiger partial charge in [0, 0.05) is 30.6 Å². The third kappa shape index (κ3) is 3.98. The van der Waals surface area contributed by atoms with Crippen molar-refractivity contribution in [1.82, 2.24) is 15.0 Å². The van der Waals surface area contributed by atoms with Crippen molar-refractivity contribution in [3.63, 3.8) is 0 Å². The molecule has 122 valence electrons. The monoisotopic (exact) mass is 341 g/mol. The molecule has 0 unspecified atom stereocenters. The van der Waals surface area contributed by atoms with E-state index in [1.165, 1.54) is 0 Å². The molecule has 0 atom stereocenters. The molecule has 0 radical (unpaired) electrons. The van der Waals surface area contributed by atoms with Gasteiger partial charge in [-0.1, -0.05) is 23.7 Å². The lowest BCUT2D eigenvalue weighted by molar-refractivity contribution is 0.311. The van der Waals surface area contributed by atoms with Crippen LogP contribution in [-0.4, -0.2) is 33.2 Å². The van der Waals surface area contributed by atoms with Crippen LogP contribution in [0.2, 0.25) is 5.02 Å². The number of para-hydroxylation sites is 1. The molecule has 3 aromatic rings. The first-order valence-corrected chi connectivity index (χ1v) is 7.80. The number of rotatable bonds is 6. The first-order valence-electron chi connectivity index (χ1n) is 7.42. The molecule has 0 bridgehead atoms. The number of hydrogen-bond donors (Lipinski definition) is 3. The Labute approximate surface area is 144 Å². The Morgan fingerprint density at radius 3 is 2.71 bits per heavy atom. The van der Waals surface area contributed by atoms with Gasteiger partial charge in [0.1, 0.15) is 5.82 Å². The maximum Gasteiger partial charge on any atom is 0.225 e. The first kappa shape index (κ1) is 16.2. The summed E-state index contributed by atoms with van der Waals surface area (Å²) in [7, 11) is 0. The predicted molar refractivity (Wildman–Crippen MR) is 95.6 cm³/mol. The van der Waals surface area contributed by atoms with Gasteiger partial charge in [0.2, 0.25) is 5.95 Å². The first-order chi connectivity index (χ1) is 11.8. The van der Waals surface area contributed by atoms with Crippen LogP contribution in [0.5, 0.6) is 0 Å². The van der Waals surface area contributed by atoms with Crippen LogP contribution < -0.4 is 10.6 Å². The number of halogens is 1. The number of aliphatic hydroxyl groups is 1. The quantitative estimate of drug-likeness (QED) is 0.638. The minimum absolute atomic E-state index is 0.00619. The minimum Gasteiger partial charge on any atom is -0.395 e. The zero-order valence-electron chi connectivity index (χ0n) is 12.8. The van der Waals surface area contributed by atoms with E-state index in [4.69, 9.17) is 16.7 Å². The molecule has 3 N–H and O–H groups in total. The van der Waals surface area contributed by atoms with Crippen LogP contribution >= 0.6 is 11.6 Å². The summed E-state index contributed by atoms with van der Waals surface area (Å²) in [5.41, 5.74) is 2.34. The summed E-state index contributed by atoms with van der Waals surface area (Å²) in [6.07, 6.45) is 3.44. The summed E-state index contributed by atoms with van der Waals surface area (Å²) in [6, 6.07) is 13.0. The summed E-state index contributed by atoms with van der Waals surface area (Å²) in [6.45, 7) is 0.357. The molecule has 24 heavy (non-hydrogen) atoms. The summed E-state index contributed by atoms with van der Waals surface area (Å²) in [5.74, 6) is 1.01. The van der Waals surface area contributed by atoms with Crippen LogP contribution in [0.25, 0.3) is 11.3 Å². The fraction of sp³-hybridized carbons (Fsp3) is 0.118. The Hall–Kier alpha value is -2.70. The standard InChI is InChI=1S/C17H16ClN5O/c18-13-5-1-2-6-14(13)21-16-10-15(12-4-3-7-19-11-12)22-17(23-16)20-8-9-24/h1-7,10-11,24H,8-9H2,(H2,20,21,22,23). The molecule has 3 rings (SSSR count). The van der Waals surface area contributed by atoms with Crippen LogP contribution in [-0.2, 0) is 0 Å². The molecule has 1 aromatic carbocycles. The van der Waals surface area contributed by atoms with E-state index in [1.807, 2.05) is 36.4 Å². The smallest absolute Gasteiger partial charge is 0.225 e. The van der Waals surface area contributed by atoms with Gasteiger partial charge >= 0.3 is 0 Å². The van der Waals surface area contributed by atoms with Crippen molar-refractivity contribution in [3.8, 4) is 11.3 Å². The Morgan fingerprint density at radius 2 is 1.96 bits per heavy atom. The van der Waals surface area contributed by atoms with Crippen molar-refractivity contribution in [3.05, 3.63) is 59.9 Å². The fourth-order valence-electron chi connectivity index (χ4n) is 2.12. The van der Waals surface area contributed by atoms with Crippen LogP contribution in [0.3, 0.4) is 0 Å². The summed E-state index contributed by atoms with van der Waals surface area (Å²) >= 11 is 6.19. The van der Waals surface area contributed by atoms with Crippen molar-refractivity contribution >= 4 is 29.1 Å². The second kappa shape index (κ2) is 7.72. The Kier molecular flexibility index (Phi) is 5.20. The highest BCUT2D eigenvalue weighted by Crippen LogP contribution is 2.27. The van der Waals surface area contributed by atoms with Crippen LogP contribution in [0.4, 0.5) is 17.5 Å². The van der Waals surface area contributed by atoms with E-state index in [0.717, 1.165) is 11.3 Å². The molecular weight excluding hydrogens is 326 g/mol. The summed E-state index contributed by atoms with van der Waals surface area (Å²) in [4.78, 5) is 13.0. The van der Waals surface area contributed by atoms with Gasteiger partial charge in [0.05, 0.1) is 23.0 Å². The van der Waals surface area contributed by atoms with Gasteiger partial charge in [-0.05, 0) is 24.3 Å². The van der Waals surface area contributed by atoms with Gasteiger partial charge in [-0.15, -0.1) is 0 Å². The maximum absolute atomic E-state index is 8.99. The molecule has 0 spiro atoms. The van der Waals surface area contributed by atoms with Gasteiger partial charge in [-0.25, -0.2) is 4.98 Å². The average Bonchev–Trinajstić information content (AvgIpc) is 2.62. The van der Waals surface area contributed by atoms with Gasteiger partial charge in [0.15, 0.2) is 0 Å². The highest BCUT2D eigenvalue weighted by Gasteiger charge is 2.08. The highest BCUT2D eigenvalue weighted by atomic mass is 35.5. The van der Waals surface area contributed by atoms with E-state index >= 15 is 0 Å². The number of anilines is 3. The van der Waals surface area contributed by atoms with Crippen LogP contribution in [0, 0.1) is 0 Å². The van der Waals surface area contributed by atoms with E-state index in [-0.39, 0.29) is 6.61 Å². The number of nitrogens with zero attached hydrogens (tertiary/aromatic N) is 3.